The lowest BCUT2D eigenvalue weighted by Gasteiger charge is -2.35. The summed E-state index contributed by atoms with van der Waals surface area (Å²) in [6.07, 6.45) is -0.125. The van der Waals surface area contributed by atoms with E-state index in [0.717, 1.165) is 0 Å². The Bertz CT molecular complexity index is 961. The molecule has 2 aromatic rings. The van der Waals surface area contributed by atoms with Gasteiger partial charge in [0.15, 0.2) is 14.1 Å². The fourth-order valence-corrected chi connectivity index (χ4v) is 3.80. The van der Waals surface area contributed by atoms with Gasteiger partial charge in [0, 0.05) is 11.1 Å². The average Bonchev–Trinajstić information content (AvgIpc) is 2.66. The zero-order valence-electron chi connectivity index (χ0n) is 18.2. The molecule has 0 fully saturated rings. The van der Waals surface area contributed by atoms with Gasteiger partial charge >= 0.3 is 5.97 Å². The van der Waals surface area contributed by atoms with Gasteiger partial charge in [-0.25, -0.2) is 0 Å². The summed E-state index contributed by atoms with van der Waals surface area (Å²) in [6.45, 7) is 10.6. The van der Waals surface area contributed by atoms with Crippen molar-refractivity contribution in [3.05, 3.63) is 62.7 Å². The number of esters is 1. The number of ether oxygens (including phenoxy) is 1. The van der Waals surface area contributed by atoms with Gasteiger partial charge in [0.2, 0.25) is 11.2 Å². The van der Waals surface area contributed by atoms with Gasteiger partial charge in [0.25, 0.3) is 0 Å². The second-order valence-corrected chi connectivity index (χ2v) is 14.0. The molecule has 0 aliphatic carbocycles. The molecule has 30 heavy (non-hydrogen) atoms. The minimum absolute atomic E-state index is 0.0102. The molecule has 8 heteroatoms. The minimum atomic E-state index is -2.08. The maximum atomic E-state index is 12.4. The van der Waals surface area contributed by atoms with E-state index < -0.39 is 31.4 Å². The third-order valence-electron chi connectivity index (χ3n) is 5.55. The number of benzene rings is 1. The molecule has 0 saturated carbocycles. The number of hydrogen-bond acceptors (Lipinski definition) is 6. The van der Waals surface area contributed by atoms with E-state index in [1.807, 2.05) is 0 Å². The van der Waals surface area contributed by atoms with E-state index in [4.69, 9.17) is 25.2 Å². The van der Waals surface area contributed by atoms with Crippen molar-refractivity contribution < 1.29 is 23.5 Å². The highest BCUT2D eigenvalue weighted by Crippen LogP contribution is 2.38. The van der Waals surface area contributed by atoms with Crippen molar-refractivity contribution in [3.8, 4) is 5.75 Å². The number of aromatic hydroxyl groups is 1. The van der Waals surface area contributed by atoms with Crippen molar-refractivity contribution in [2.24, 2.45) is 0 Å². The summed E-state index contributed by atoms with van der Waals surface area (Å²) in [5.74, 6) is -1.51. The largest absolute Gasteiger partial charge is 0.502 e. The van der Waals surface area contributed by atoms with E-state index in [2.05, 4.69) is 33.9 Å². The van der Waals surface area contributed by atoms with Crippen molar-refractivity contribution in [3.63, 3.8) is 0 Å². The molecule has 0 unspecified atom stereocenters. The van der Waals surface area contributed by atoms with Crippen molar-refractivity contribution in [1.82, 2.24) is 0 Å². The van der Waals surface area contributed by atoms with Crippen LogP contribution in [0.3, 0.4) is 0 Å². The highest BCUT2D eigenvalue weighted by Gasteiger charge is 2.37. The Labute approximate surface area is 182 Å². The molecule has 1 atom stereocenters. The van der Waals surface area contributed by atoms with Crippen LogP contribution in [0.2, 0.25) is 23.2 Å². The molecular weight excluding hydrogens is 424 g/mol. The van der Waals surface area contributed by atoms with Crippen molar-refractivity contribution in [1.29, 1.82) is 0 Å². The summed E-state index contributed by atoms with van der Waals surface area (Å²) in [4.78, 5) is 24.5. The van der Waals surface area contributed by atoms with Gasteiger partial charge in [-0.15, -0.1) is 0 Å². The monoisotopic (exact) mass is 452 g/mol. The Morgan fingerprint density at radius 3 is 2.50 bits per heavy atom. The lowest BCUT2D eigenvalue weighted by molar-refractivity contribution is -0.140. The summed E-state index contributed by atoms with van der Waals surface area (Å²) < 4.78 is 16.8. The number of rotatable bonds is 7. The number of carbonyl (C=O) groups is 1. The first-order valence-corrected chi connectivity index (χ1v) is 13.0. The SMILES string of the molecule is COC(=O)C[C@@H](c1cccc(Cl)c1)c1oc(CO[Si](C)(C)C(C)(C)C)cc(=O)c1O. The third-order valence-corrected chi connectivity index (χ3v) is 10.3. The second-order valence-electron chi connectivity index (χ2n) is 8.73. The summed E-state index contributed by atoms with van der Waals surface area (Å²) in [6, 6.07) is 8.05. The van der Waals surface area contributed by atoms with Gasteiger partial charge in [0.1, 0.15) is 5.76 Å². The standard InChI is InChI=1S/C22H29ClO6Si/c1-22(2,3)30(5,6)28-13-16-11-18(24)20(26)21(29-16)17(12-19(25)27-4)14-8-7-9-15(23)10-14/h7-11,17,26H,12-13H2,1-6H3/t17-/m0/s1. The smallest absolute Gasteiger partial charge is 0.306 e. The molecule has 0 radical (unpaired) electrons. The van der Waals surface area contributed by atoms with E-state index in [1.54, 1.807) is 24.3 Å². The van der Waals surface area contributed by atoms with Gasteiger partial charge in [0.05, 0.1) is 26.1 Å². The highest BCUT2D eigenvalue weighted by atomic mass is 35.5. The van der Waals surface area contributed by atoms with E-state index in [-0.39, 0.29) is 29.6 Å². The first-order chi connectivity index (χ1) is 13.9. The van der Waals surface area contributed by atoms with Crippen LogP contribution in [0.15, 0.2) is 39.5 Å². The topological polar surface area (TPSA) is 86.0 Å². The second kappa shape index (κ2) is 9.37. The Balaban J connectivity index is 2.48. The van der Waals surface area contributed by atoms with Gasteiger partial charge in [-0.05, 0) is 35.8 Å². The molecular formula is C22H29ClO6Si. The van der Waals surface area contributed by atoms with Gasteiger partial charge in [-0.1, -0.05) is 44.5 Å². The normalized spacial score (nSPS) is 13.2. The molecule has 6 nitrogen and oxygen atoms in total. The molecule has 1 N–H and O–H groups in total. The van der Waals surface area contributed by atoms with Gasteiger partial charge in [-0.3, -0.25) is 9.59 Å². The molecule has 0 amide bonds. The lowest BCUT2D eigenvalue weighted by Crippen LogP contribution is -2.40. The third kappa shape index (κ3) is 5.74. The molecule has 1 aromatic heterocycles. The van der Waals surface area contributed by atoms with Crippen LogP contribution in [0.5, 0.6) is 5.75 Å². The predicted octanol–water partition coefficient (Wildman–Crippen LogP) is 5.22. The van der Waals surface area contributed by atoms with E-state index in [9.17, 15) is 14.7 Å². The minimum Gasteiger partial charge on any atom is -0.502 e. The Morgan fingerprint density at radius 2 is 1.93 bits per heavy atom. The van der Waals surface area contributed by atoms with Crippen LogP contribution in [0.25, 0.3) is 0 Å². The maximum Gasteiger partial charge on any atom is 0.306 e. The van der Waals surface area contributed by atoms with Crippen LogP contribution >= 0.6 is 11.6 Å². The van der Waals surface area contributed by atoms with Crippen LogP contribution in [-0.4, -0.2) is 26.5 Å². The zero-order chi connectivity index (χ0) is 22.7. The van der Waals surface area contributed by atoms with Crippen LogP contribution in [0.4, 0.5) is 0 Å². The summed E-state index contributed by atoms with van der Waals surface area (Å²) in [5.41, 5.74) is 0.0239. The molecule has 0 saturated heterocycles. The highest BCUT2D eigenvalue weighted by molar-refractivity contribution is 6.74. The maximum absolute atomic E-state index is 12.4. The number of hydrogen-bond donors (Lipinski definition) is 1. The summed E-state index contributed by atoms with van der Waals surface area (Å²) in [5, 5.41) is 10.9. The fraction of sp³-hybridized carbons (Fsp3) is 0.455. The van der Waals surface area contributed by atoms with Crippen LogP contribution in [-0.2, 0) is 20.6 Å². The number of carbonyl (C=O) groups excluding carboxylic acids is 1. The fourth-order valence-electron chi connectivity index (χ4n) is 2.67. The molecule has 0 bridgehead atoms. The molecule has 1 heterocycles. The quantitative estimate of drug-likeness (QED) is 0.458. The summed E-state index contributed by atoms with van der Waals surface area (Å²) >= 11 is 6.11. The van der Waals surface area contributed by atoms with Crippen molar-refractivity contribution in [2.45, 2.75) is 57.8 Å². The van der Waals surface area contributed by atoms with Crippen LogP contribution < -0.4 is 5.43 Å². The summed E-state index contributed by atoms with van der Waals surface area (Å²) in [7, 11) is -0.808. The van der Waals surface area contributed by atoms with Gasteiger partial charge in [-0.2, -0.15) is 0 Å². The van der Waals surface area contributed by atoms with Gasteiger partial charge < -0.3 is 18.7 Å². The molecule has 164 valence electrons. The Hall–Kier alpha value is -2.09. The Morgan fingerprint density at radius 1 is 1.27 bits per heavy atom. The molecule has 2 rings (SSSR count). The zero-order valence-corrected chi connectivity index (χ0v) is 20.0. The first-order valence-electron chi connectivity index (χ1n) is 9.68. The lowest BCUT2D eigenvalue weighted by atomic mass is 9.92. The number of methoxy groups -OCH3 is 1. The predicted molar refractivity (Wildman–Crippen MR) is 119 cm³/mol. The van der Waals surface area contributed by atoms with Crippen LogP contribution in [0.1, 0.15) is 50.2 Å². The number of halogens is 1. The molecule has 0 spiro atoms. The molecule has 0 aliphatic heterocycles. The van der Waals surface area contributed by atoms with E-state index >= 15 is 0 Å². The molecule has 1 aromatic carbocycles. The van der Waals surface area contributed by atoms with Crippen LogP contribution in [0, 0.1) is 0 Å². The van der Waals surface area contributed by atoms with Crippen molar-refractivity contribution in [2.75, 3.05) is 7.11 Å². The average molecular weight is 453 g/mol. The van der Waals surface area contributed by atoms with E-state index in [0.29, 0.717) is 10.6 Å². The van der Waals surface area contributed by atoms with Crippen molar-refractivity contribution >= 4 is 25.9 Å². The Kier molecular flexibility index (Phi) is 7.55. The molecule has 0 aliphatic rings. The van der Waals surface area contributed by atoms with E-state index in [1.165, 1.54) is 13.2 Å². The first kappa shape index (κ1) is 24.2.